The van der Waals surface area contributed by atoms with Gasteiger partial charge in [-0.2, -0.15) is 19.6 Å². The third-order valence-electron chi connectivity index (χ3n) is 3.51. The number of hydrogen-bond donors (Lipinski definition) is 0. The fraction of sp³-hybridized carbons (Fsp3) is 0.188. The van der Waals surface area contributed by atoms with Crippen molar-refractivity contribution in [2.45, 2.75) is 20.3 Å². The number of carbonyl (C=O) groups excluding carboxylic acids is 1. The summed E-state index contributed by atoms with van der Waals surface area (Å²) < 4.78 is 2.74. The lowest BCUT2D eigenvalue weighted by Gasteiger charge is -2.04. The van der Waals surface area contributed by atoms with Crippen LogP contribution in [0.15, 0.2) is 48.8 Å². The van der Waals surface area contributed by atoms with Gasteiger partial charge in [-0.15, -0.1) is 0 Å². The molecule has 5 nitrogen and oxygen atoms in total. The zero-order valence-corrected chi connectivity index (χ0v) is 12.0. The quantitative estimate of drug-likeness (QED) is 0.724. The smallest absolute Gasteiger partial charge is 0.244 e. The summed E-state index contributed by atoms with van der Waals surface area (Å²) in [6.07, 6.45) is 3.94. The molecule has 106 valence electrons. The molecule has 0 spiro atoms. The van der Waals surface area contributed by atoms with E-state index in [-0.39, 0.29) is 6.03 Å². The molecule has 0 saturated carbocycles. The van der Waals surface area contributed by atoms with Crippen molar-refractivity contribution in [3.8, 4) is 11.3 Å². The van der Waals surface area contributed by atoms with Gasteiger partial charge in [-0.25, -0.2) is 4.79 Å². The molecule has 3 rings (SSSR count). The highest BCUT2D eigenvalue weighted by Gasteiger charge is 2.19. The van der Waals surface area contributed by atoms with Crippen LogP contribution in [0.4, 0.5) is 4.79 Å². The summed E-state index contributed by atoms with van der Waals surface area (Å²) in [5, 5.41) is 8.50. The van der Waals surface area contributed by atoms with Crippen molar-refractivity contribution in [3.63, 3.8) is 0 Å². The Morgan fingerprint density at radius 1 is 1.19 bits per heavy atom. The van der Waals surface area contributed by atoms with E-state index in [0.717, 1.165) is 28.9 Å². The summed E-state index contributed by atoms with van der Waals surface area (Å²) in [6.45, 7) is 4.02. The molecule has 0 N–H and O–H groups in total. The molecule has 0 amide bonds. The van der Waals surface area contributed by atoms with E-state index in [0.29, 0.717) is 0 Å². The average Bonchev–Trinajstić information content (AvgIpc) is 3.15. The van der Waals surface area contributed by atoms with Gasteiger partial charge in [0.05, 0.1) is 11.4 Å². The van der Waals surface area contributed by atoms with Crippen LogP contribution in [0.1, 0.15) is 18.2 Å². The summed E-state index contributed by atoms with van der Waals surface area (Å²) in [7, 11) is 0. The van der Waals surface area contributed by atoms with Crippen molar-refractivity contribution in [2.75, 3.05) is 0 Å². The number of carbonyl (C=O) groups is 1. The maximum absolute atomic E-state index is 12.5. The van der Waals surface area contributed by atoms with Crippen LogP contribution in [0.25, 0.3) is 11.3 Å². The van der Waals surface area contributed by atoms with Crippen molar-refractivity contribution >= 4 is 6.03 Å². The molecule has 3 aromatic rings. The van der Waals surface area contributed by atoms with Crippen molar-refractivity contribution in [2.24, 2.45) is 0 Å². The van der Waals surface area contributed by atoms with Crippen LogP contribution in [-0.2, 0) is 6.42 Å². The minimum Gasteiger partial charge on any atom is -0.244 e. The van der Waals surface area contributed by atoms with Crippen LogP contribution in [0.3, 0.4) is 0 Å². The van der Waals surface area contributed by atoms with E-state index in [1.165, 1.54) is 9.36 Å². The maximum atomic E-state index is 12.5. The Kier molecular flexibility index (Phi) is 3.39. The van der Waals surface area contributed by atoms with Gasteiger partial charge >= 0.3 is 6.03 Å². The molecular formula is C16H16N4O. The number of nitrogens with zero attached hydrogens (tertiary/aromatic N) is 4. The zero-order valence-electron chi connectivity index (χ0n) is 12.0. The number of rotatable bonds is 2. The van der Waals surface area contributed by atoms with Gasteiger partial charge in [0, 0.05) is 18.0 Å². The van der Waals surface area contributed by atoms with Crippen molar-refractivity contribution in [1.29, 1.82) is 0 Å². The largest absolute Gasteiger partial charge is 0.369 e. The summed E-state index contributed by atoms with van der Waals surface area (Å²) in [5.41, 5.74) is 3.79. The van der Waals surface area contributed by atoms with E-state index >= 15 is 0 Å². The molecule has 0 aliphatic heterocycles. The summed E-state index contributed by atoms with van der Waals surface area (Å²) in [4.78, 5) is 12.5. The molecule has 5 heteroatoms. The molecule has 0 atom stereocenters. The topological polar surface area (TPSA) is 52.7 Å². The van der Waals surface area contributed by atoms with Crippen LogP contribution in [0.5, 0.6) is 0 Å². The first-order valence-corrected chi connectivity index (χ1v) is 6.90. The van der Waals surface area contributed by atoms with Crippen LogP contribution in [-0.4, -0.2) is 25.6 Å². The first-order chi connectivity index (χ1) is 10.2. The Morgan fingerprint density at radius 2 is 1.95 bits per heavy atom. The molecule has 2 aromatic heterocycles. The third kappa shape index (κ3) is 2.27. The molecular weight excluding hydrogens is 264 g/mol. The lowest BCUT2D eigenvalue weighted by atomic mass is 10.1. The molecule has 2 heterocycles. The van der Waals surface area contributed by atoms with Crippen LogP contribution < -0.4 is 0 Å². The molecule has 0 aliphatic carbocycles. The van der Waals surface area contributed by atoms with Gasteiger partial charge in [-0.1, -0.05) is 37.3 Å². The van der Waals surface area contributed by atoms with Gasteiger partial charge in [-0.3, -0.25) is 0 Å². The fourth-order valence-corrected chi connectivity index (χ4v) is 2.45. The molecule has 1 aromatic carbocycles. The standard InChI is InChI=1S/C16H16N4O/c1-3-14-12(2)15(13-8-5-4-6-9-13)18-20(14)16(21)19-11-7-10-17-19/h4-11H,3H2,1-2H3. The predicted molar refractivity (Wildman–Crippen MR) is 80.2 cm³/mol. The lowest BCUT2D eigenvalue weighted by Crippen LogP contribution is -2.23. The zero-order chi connectivity index (χ0) is 14.8. The fourth-order valence-electron chi connectivity index (χ4n) is 2.45. The van der Waals surface area contributed by atoms with E-state index in [4.69, 9.17) is 0 Å². The summed E-state index contributed by atoms with van der Waals surface area (Å²) in [5.74, 6) is 0. The molecule has 0 saturated heterocycles. The monoisotopic (exact) mass is 280 g/mol. The normalized spacial score (nSPS) is 10.8. The van der Waals surface area contributed by atoms with Gasteiger partial charge in [0.15, 0.2) is 0 Å². The summed E-state index contributed by atoms with van der Waals surface area (Å²) in [6, 6.07) is 11.4. The number of benzene rings is 1. The van der Waals surface area contributed by atoms with Crippen LogP contribution in [0, 0.1) is 6.92 Å². The Labute approximate surface area is 122 Å². The SMILES string of the molecule is CCc1c(C)c(-c2ccccc2)nn1C(=O)n1cccn1. The van der Waals surface area contributed by atoms with Crippen molar-refractivity contribution in [3.05, 3.63) is 60.0 Å². The first kappa shape index (κ1) is 13.3. The highest BCUT2D eigenvalue weighted by atomic mass is 16.2. The van der Waals surface area contributed by atoms with E-state index in [2.05, 4.69) is 10.2 Å². The van der Waals surface area contributed by atoms with Gasteiger partial charge in [0.25, 0.3) is 0 Å². The van der Waals surface area contributed by atoms with E-state index in [1.807, 2.05) is 44.2 Å². The van der Waals surface area contributed by atoms with Gasteiger partial charge < -0.3 is 0 Å². The molecule has 0 radical (unpaired) electrons. The second-order valence-electron chi connectivity index (χ2n) is 4.78. The second kappa shape index (κ2) is 5.36. The Hall–Kier alpha value is -2.69. The van der Waals surface area contributed by atoms with Crippen molar-refractivity contribution < 1.29 is 4.79 Å². The molecule has 21 heavy (non-hydrogen) atoms. The Balaban J connectivity index is 2.12. The average molecular weight is 280 g/mol. The van der Waals surface area contributed by atoms with Gasteiger partial charge in [0.1, 0.15) is 0 Å². The minimum absolute atomic E-state index is 0.262. The second-order valence-corrected chi connectivity index (χ2v) is 4.78. The van der Waals surface area contributed by atoms with Gasteiger partial charge in [0.2, 0.25) is 0 Å². The molecule has 0 fully saturated rings. The van der Waals surface area contributed by atoms with Gasteiger partial charge in [-0.05, 0) is 25.0 Å². The lowest BCUT2D eigenvalue weighted by molar-refractivity contribution is 0.237. The Bertz CT molecular complexity index is 757. The Morgan fingerprint density at radius 3 is 2.57 bits per heavy atom. The maximum Gasteiger partial charge on any atom is 0.369 e. The van der Waals surface area contributed by atoms with Crippen LogP contribution >= 0.6 is 0 Å². The molecule has 0 unspecified atom stereocenters. The molecule has 0 aliphatic rings. The highest BCUT2D eigenvalue weighted by molar-refractivity contribution is 5.80. The van der Waals surface area contributed by atoms with E-state index < -0.39 is 0 Å². The first-order valence-electron chi connectivity index (χ1n) is 6.90. The minimum atomic E-state index is -0.262. The van der Waals surface area contributed by atoms with E-state index in [1.54, 1.807) is 18.5 Å². The number of hydrogen-bond acceptors (Lipinski definition) is 3. The third-order valence-corrected chi connectivity index (χ3v) is 3.51. The predicted octanol–water partition coefficient (Wildman–Crippen LogP) is 3.13. The van der Waals surface area contributed by atoms with Crippen molar-refractivity contribution in [1.82, 2.24) is 19.6 Å². The van der Waals surface area contributed by atoms with Crippen LogP contribution in [0.2, 0.25) is 0 Å². The van der Waals surface area contributed by atoms with E-state index in [9.17, 15) is 4.79 Å². The highest BCUT2D eigenvalue weighted by Crippen LogP contribution is 2.25. The number of aromatic nitrogens is 4. The molecule has 0 bridgehead atoms. The summed E-state index contributed by atoms with van der Waals surface area (Å²) >= 11 is 0.